The van der Waals surface area contributed by atoms with E-state index in [1.165, 1.54) is 24.3 Å². The van der Waals surface area contributed by atoms with Crippen molar-refractivity contribution in [2.45, 2.75) is 18.9 Å². The molecule has 1 aliphatic heterocycles. The van der Waals surface area contributed by atoms with E-state index < -0.39 is 42.1 Å². The van der Waals surface area contributed by atoms with Gasteiger partial charge in [0, 0.05) is 12.0 Å². The van der Waals surface area contributed by atoms with E-state index in [9.17, 15) is 24.0 Å². The van der Waals surface area contributed by atoms with Crippen LogP contribution in [-0.2, 0) is 9.59 Å². The maximum absolute atomic E-state index is 12.5. The summed E-state index contributed by atoms with van der Waals surface area (Å²) in [6, 6.07) is 10.6. The molecular weight excluding hydrogens is 380 g/mol. The van der Waals surface area contributed by atoms with Gasteiger partial charge < -0.3 is 15.5 Å². The molecule has 0 fully saturated rings. The van der Waals surface area contributed by atoms with Crippen LogP contribution < -0.4 is 10.2 Å². The summed E-state index contributed by atoms with van der Waals surface area (Å²) >= 11 is 0. The Hall–Kier alpha value is -4.01. The third-order valence-electron chi connectivity index (χ3n) is 4.43. The zero-order chi connectivity index (χ0) is 21.1. The Morgan fingerprint density at radius 3 is 1.93 bits per heavy atom. The maximum atomic E-state index is 12.5. The van der Waals surface area contributed by atoms with Gasteiger partial charge in [0.15, 0.2) is 0 Å². The number of benzene rings is 2. The minimum absolute atomic E-state index is 0.104. The van der Waals surface area contributed by atoms with E-state index in [-0.39, 0.29) is 17.7 Å². The Kier molecular flexibility index (Phi) is 5.40. The molecule has 1 heterocycles. The molecule has 0 spiro atoms. The van der Waals surface area contributed by atoms with E-state index in [2.05, 4.69) is 5.32 Å². The monoisotopic (exact) mass is 396 g/mol. The van der Waals surface area contributed by atoms with E-state index in [0.29, 0.717) is 11.1 Å². The van der Waals surface area contributed by atoms with Gasteiger partial charge in [-0.2, -0.15) is 0 Å². The summed E-state index contributed by atoms with van der Waals surface area (Å²) in [6.07, 6.45) is -0.667. The predicted molar refractivity (Wildman–Crippen MR) is 99.8 cm³/mol. The minimum atomic E-state index is -1.35. The lowest BCUT2D eigenvalue weighted by atomic mass is 10.1. The third kappa shape index (κ3) is 3.98. The average Bonchev–Trinajstić information content (AvgIpc) is 2.95. The fourth-order valence-corrected chi connectivity index (χ4v) is 2.95. The zero-order valence-electron chi connectivity index (χ0n) is 15.0. The number of imide groups is 1. The number of carboxylic acids is 2. The lowest BCUT2D eigenvalue weighted by molar-refractivity contribution is -0.140. The number of fused-ring (bicyclic) bond motifs is 1. The van der Waals surface area contributed by atoms with Gasteiger partial charge in [-0.1, -0.05) is 12.1 Å². The van der Waals surface area contributed by atoms with Gasteiger partial charge in [-0.15, -0.1) is 0 Å². The second kappa shape index (κ2) is 7.93. The molecule has 2 aromatic rings. The molecule has 1 aliphatic rings. The number of hydrogen-bond donors (Lipinski definition) is 3. The number of nitrogens with zero attached hydrogens (tertiary/aromatic N) is 1. The first kappa shape index (κ1) is 19.7. The molecule has 0 aromatic heterocycles. The van der Waals surface area contributed by atoms with Crippen molar-refractivity contribution in [1.82, 2.24) is 5.32 Å². The first-order valence-electron chi connectivity index (χ1n) is 8.63. The summed E-state index contributed by atoms with van der Waals surface area (Å²) in [6.45, 7) is 0. The van der Waals surface area contributed by atoms with Crippen molar-refractivity contribution in [2.24, 2.45) is 0 Å². The molecule has 0 aliphatic carbocycles. The van der Waals surface area contributed by atoms with Crippen LogP contribution in [0, 0.1) is 0 Å². The number of anilines is 1. The lowest BCUT2D eigenvalue weighted by Gasteiger charge is -2.16. The van der Waals surface area contributed by atoms with E-state index in [1.54, 1.807) is 24.3 Å². The molecule has 3 amide bonds. The van der Waals surface area contributed by atoms with Crippen LogP contribution >= 0.6 is 0 Å². The van der Waals surface area contributed by atoms with Gasteiger partial charge in [0.25, 0.3) is 17.7 Å². The number of hydrogen-bond acceptors (Lipinski definition) is 5. The van der Waals surface area contributed by atoms with Gasteiger partial charge in [0.2, 0.25) is 0 Å². The Morgan fingerprint density at radius 1 is 0.897 bits per heavy atom. The SMILES string of the molecule is O=C(O)CCC(NC(=O)c1ccc(N2C(=O)c3ccccc3C2=O)cc1)C(=O)O. The standard InChI is InChI=1S/C20H16N2O7/c23-16(24)10-9-15(20(28)29)21-17(25)11-5-7-12(8-6-11)22-18(26)13-3-1-2-4-14(13)19(22)27/h1-8,15H,9-10H2,(H,21,25)(H,23,24)(H,28,29). The van der Waals surface area contributed by atoms with Crippen molar-refractivity contribution >= 4 is 35.3 Å². The number of aliphatic carboxylic acids is 2. The third-order valence-corrected chi connectivity index (χ3v) is 4.43. The van der Waals surface area contributed by atoms with Gasteiger partial charge in [0.1, 0.15) is 6.04 Å². The van der Waals surface area contributed by atoms with E-state index >= 15 is 0 Å². The average molecular weight is 396 g/mol. The van der Waals surface area contributed by atoms with Crippen LogP contribution in [0.2, 0.25) is 0 Å². The number of carbonyl (C=O) groups is 5. The Balaban J connectivity index is 1.74. The molecule has 0 saturated carbocycles. The fraction of sp³-hybridized carbons (Fsp3) is 0.150. The fourth-order valence-electron chi connectivity index (χ4n) is 2.95. The van der Waals surface area contributed by atoms with E-state index in [1.807, 2.05) is 0 Å². The van der Waals surface area contributed by atoms with Crippen molar-refractivity contribution in [3.8, 4) is 0 Å². The highest BCUT2D eigenvalue weighted by atomic mass is 16.4. The summed E-state index contributed by atoms with van der Waals surface area (Å²) in [4.78, 5) is 60.1. The molecule has 0 saturated heterocycles. The number of rotatable bonds is 7. The van der Waals surface area contributed by atoms with Crippen LogP contribution in [0.3, 0.4) is 0 Å². The molecule has 148 valence electrons. The van der Waals surface area contributed by atoms with Gasteiger partial charge >= 0.3 is 11.9 Å². The lowest BCUT2D eigenvalue weighted by Crippen LogP contribution is -2.41. The molecule has 9 heteroatoms. The van der Waals surface area contributed by atoms with Crippen LogP contribution in [-0.4, -0.2) is 45.9 Å². The number of amides is 3. The van der Waals surface area contributed by atoms with E-state index in [4.69, 9.17) is 10.2 Å². The topological polar surface area (TPSA) is 141 Å². The highest BCUT2D eigenvalue weighted by molar-refractivity contribution is 6.34. The molecule has 1 atom stereocenters. The second-order valence-electron chi connectivity index (χ2n) is 6.33. The number of carboxylic acid groups (broad SMARTS) is 2. The number of carbonyl (C=O) groups excluding carboxylic acids is 3. The summed E-state index contributed by atoms with van der Waals surface area (Å²) in [7, 11) is 0. The van der Waals surface area contributed by atoms with Crippen molar-refractivity contribution in [3.05, 3.63) is 65.2 Å². The van der Waals surface area contributed by atoms with Gasteiger partial charge in [-0.05, 0) is 42.8 Å². The molecule has 3 rings (SSSR count). The van der Waals surface area contributed by atoms with Crippen molar-refractivity contribution in [3.63, 3.8) is 0 Å². The summed E-state index contributed by atoms with van der Waals surface area (Å²) in [5.74, 6) is -4.17. The Bertz CT molecular complexity index is 979. The highest BCUT2D eigenvalue weighted by Crippen LogP contribution is 2.28. The van der Waals surface area contributed by atoms with Gasteiger partial charge in [-0.3, -0.25) is 19.2 Å². The van der Waals surface area contributed by atoms with Crippen molar-refractivity contribution in [2.75, 3.05) is 4.90 Å². The van der Waals surface area contributed by atoms with Crippen LogP contribution in [0.5, 0.6) is 0 Å². The molecule has 2 aromatic carbocycles. The van der Waals surface area contributed by atoms with Gasteiger partial charge in [-0.25, -0.2) is 9.69 Å². The summed E-state index contributed by atoms with van der Waals surface area (Å²) in [5.41, 5.74) is 0.962. The summed E-state index contributed by atoms with van der Waals surface area (Å²) < 4.78 is 0. The maximum Gasteiger partial charge on any atom is 0.326 e. The highest BCUT2D eigenvalue weighted by Gasteiger charge is 2.36. The largest absolute Gasteiger partial charge is 0.481 e. The molecule has 0 radical (unpaired) electrons. The molecule has 1 unspecified atom stereocenters. The van der Waals surface area contributed by atoms with Crippen molar-refractivity contribution < 1.29 is 34.2 Å². The minimum Gasteiger partial charge on any atom is -0.481 e. The predicted octanol–water partition coefficient (Wildman–Crippen LogP) is 1.53. The zero-order valence-corrected chi connectivity index (χ0v) is 15.0. The Labute approximate surface area is 164 Å². The molecule has 0 bridgehead atoms. The number of nitrogens with one attached hydrogen (secondary N) is 1. The second-order valence-corrected chi connectivity index (χ2v) is 6.33. The van der Waals surface area contributed by atoms with E-state index in [0.717, 1.165) is 4.90 Å². The first-order valence-corrected chi connectivity index (χ1v) is 8.63. The quantitative estimate of drug-likeness (QED) is 0.603. The molecule has 9 nitrogen and oxygen atoms in total. The normalized spacial score (nSPS) is 13.7. The van der Waals surface area contributed by atoms with Crippen LogP contribution in [0.25, 0.3) is 0 Å². The molecular formula is C20H16N2O7. The Morgan fingerprint density at radius 2 is 1.45 bits per heavy atom. The smallest absolute Gasteiger partial charge is 0.326 e. The van der Waals surface area contributed by atoms with Crippen LogP contribution in [0.4, 0.5) is 5.69 Å². The molecule has 3 N–H and O–H groups in total. The van der Waals surface area contributed by atoms with Gasteiger partial charge in [0.05, 0.1) is 16.8 Å². The van der Waals surface area contributed by atoms with Crippen molar-refractivity contribution in [1.29, 1.82) is 0 Å². The molecule has 29 heavy (non-hydrogen) atoms. The summed E-state index contributed by atoms with van der Waals surface area (Å²) in [5, 5.41) is 20.1. The first-order chi connectivity index (χ1) is 13.8. The van der Waals surface area contributed by atoms with Crippen LogP contribution in [0.15, 0.2) is 48.5 Å². The van der Waals surface area contributed by atoms with Crippen LogP contribution in [0.1, 0.15) is 43.9 Å².